The maximum atomic E-state index is 5.38. The molecule has 94 valence electrons. The summed E-state index contributed by atoms with van der Waals surface area (Å²) in [6, 6.07) is 6.56. The van der Waals surface area contributed by atoms with Crippen molar-refractivity contribution in [3.8, 4) is 11.5 Å². The second kappa shape index (κ2) is 5.41. The van der Waals surface area contributed by atoms with Gasteiger partial charge in [0.05, 0.1) is 14.2 Å². The molecule has 1 N–H and O–H groups in total. The molecule has 1 aliphatic rings. The van der Waals surface area contributed by atoms with E-state index in [1.807, 2.05) is 12.1 Å². The van der Waals surface area contributed by atoms with Gasteiger partial charge in [0.25, 0.3) is 0 Å². The molecule has 1 saturated carbocycles. The van der Waals surface area contributed by atoms with Gasteiger partial charge < -0.3 is 14.8 Å². The van der Waals surface area contributed by atoms with Crippen molar-refractivity contribution in [3.63, 3.8) is 0 Å². The fraction of sp³-hybridized carbons (Fsp3) is 0.571. The minimum absolute atomic E-state index is 0.599. The number of methoxy groups -OCH3 is 2. The van der Waals surface area contributed by atoms with Crippen LogP contribution in [0.3, 0.4) is 0 Å². The van der Waals surface area contributed by atoms with Crippen molar-refractivity contribution >= 4 is 0 Å². The van der Waals surface area contributed by atoms with Crippen molar-refractivity contribution in [1.82, 2.24) is 5.32 Å². The molecule has 3 nitrogen and oxygen atoms in total. The molecule has 0 aliphatic heterocycles. The third kappa shape index (κ3) is 3.13. The zero-order valence-corrected chi connectivity index (χ0v) is 10.8. The average molecular weight is 235 g/mol. The standard InChI is InChI=1S/C14H21NO2/c1-10(11-4-5-11)15-9-12-6-7-13(16-2)8-14(12)17-3/h6-8,10-11,15H,4-5,9H2,1-3H3. The number of benzene rings is 1. The third-order valence-corrected chi connectivity index (χ3v) is 3.44. The van der Waals surface area contributed by atoms with Gasteiger partial charge in [0.1, 0.15) is 11.5 Å². The molecule has 1 unspecified atom stereocenters. The predicted molar refractivity (Wildman–Crippen MR) is 68.6 cm³/mol. The lowest BCUT2D eigenvalue weighted by atomic mass is 10.1. The maximum Gasteiger partial charge on any atom is 0.127 e. The van der Waals surface area contributed by atoms with Crippen molar-refractivity contribution in [3.05, 3.63) is 23.8 Å². The van der Waals surface area contributed by atoms with E-state index in [2.05, 4.69) is 18.3 Å². The smallest absolute Gasteiger partial charge is 0.127 e. The zero-order valence-electron chi connectivity index (χ0n) is 10.8. The highest BCUT2D eigenvalue weighted by molar-refractivity contribution is 5.40. The molecular weight excluding hydrogens is 214 g/mol. The molecule has 1 fully saturated rings. The monoisotopic (exact) mass is 235 g/mol. The van der Waals surface area contributed by atoms with E-state index in [9.17, 15) is 0 Å². The lowest BCUT2D eigenvalue weighted by Gasteiger charge is -2.15. The minimum Gasteiger partial charge on any atom is -0.497 e. The summed E-state index contributed by atoms with van der Waals surface area (Å²) in [7, 11) is 3.37. The van der Waals surface area contributed by atoms with Crippen LogP contribution < -0.4 is 14.8 Å². The second-order valence-corrected chi connectivity index (χ2v) is 4.68. The maximum absolute atomic E-state index is 5.38. The molecule has 1 aliphatic carbocycles. The second-order valence-electron chi connectivity index (χ2n) is 4.68. The molecular formula is C14H21NO2. The van der Waals surface area contributed by atoms with Crippen LogP contribution in [0.25, 0.3) is 0 Å². The summed E-state index contributed by atoms with van der Waals surface area (Å²) in [6.45, 7) is 3.11. The molecule has 1 aromatic rings. The van der Waals surface area contributed by atoms with Gasteiger partial charge in [0, 0.05) is 24.2 Å². The van der Waals surface area contributed by atoms with Gasteiger partial charge >= 0.3 is 0 Å². The Balaban J connectivity index is 1.98. The van der Waals surface area contributed by atoms with Gasteiger partial charge in [-0.1, -0.05) is 6.07 Å². The third-order valence-electron chi connectivity index (χ3n) is 3.44. The Bertz CT molecular complexity index is 374. The molecule has 0 saturated heterocycles. The van der Waals surface area contributed by atoms with Gasteiger partial charge in [-0.05, 0) is 31.7 Å². The number of hydrogen-bond donors (Lipinski definition) is 1. The summed E-state index contributed by atoms with van der Waals surface area (Å²) in [6.07, 6.45) is 2.74. The van der Waals surface area contributed by atoms with Crippen molar-refractivity contribution < 1.29 is 9.47 Å². The Kier molecular flexibility index (Phi) is 3.89. The van der Waals surface area contributed by atoms with Crippen LogP contribution in [-0.4, -0.2) is 20.3 Å². The lowest BCUT2D eigenvalue weighted by Crippen LogP contribution is -2.27. The molecule has 17 heavy (non-hydrogen) atoms. The zero-order chi connectivity index (χ0) is 12.3. The van der Waals surface area contributed by atoms with Crippen LogP contribution >= 0.6 is 0 Å². The number of ether oxygens (including phenoxy) is 2. The van der Waals surface area contributed by atoms with Crippen LogP contribution in [0.1, 0.15) is 25.3 Å². The highest BCUT2D eigenvalue weighted by Crippen LogP contribution is 2.32. The Morgan fingerprint density at radius 1 is 1.29 bits per heavy atom. The fourth-order valence-corrected chi connectivity index (χ4v) is 2.03. The first kappa shape index (κ1) is 12.2. The molecule has 0 aromatic heterocycles. The minimum atomic E-state index is 0.599. The number of rotatable bonds is 6. The molecule has 0 radical (unpaired) electrons. The van der Waals surface area contributed by atoms with E-state index in [-0.39, 0.29) is 0 Å². The van der Waals surface area contributed by atoms with Gasteiger partial charge in [-0.25, -0.2) is 0 Å². The fourth-order valence-electron chi connectivity index (χ4n) is 2.03. The normalized spacial score (nSPS) is 16.6. The molecule has 0 heterocycles. The lowest BCUT2D eigenvalue weighted by molar-refractivity contribution is 0.387. The van der Waals surface area contributed by atoms with E-state index < -0.39 is 0 Å². The van der Waals surface area contributed by atoms with Crippen LogP contribution in [0.5, 0.6) is 11.5 Å². The summed E-state index contributed by atoms with van der Waals surface area (Å²) >= 11 is 0. The van der Waals surface area contributed by atoms with Gasteiger partial charge in [-0.15, -0.1) is 0 Å². The van der Waals surface area contributed by atoms with Crippen LogP contribution in [0.2, 0.25) is 0 Å². The molecule has 1 aromatic carbocycles. The van der Waals surface area contributed by atoms with E-state index >= 15 is 0 Å². The first-order valence-corrected chi connectivity index (χ1v) is 6.19. The van der Waals surface area contributed by atoms with Crippen LogP contribution in [0, 0.1) is 5.92 Å². The van der Waals surface area contributed by atoms with Crippen LogP contribution in [0.15, 0.2) is 18.2 Å². The van der Waals surface area contributed by atoms with Gasteiger partial charge in [0.15, 0.2) is 0 Å². The Morgan fingerprint density at radius 2 is 2.06 bits per heavy atom. The predicted octanol–water partition coefficient (Wildman–Crippen LogP) is 2.59. The summed E-state index contributed by atoms with van der Waals surface area (Å²) in [4.78, 5) is 0. The SMILES string of the molecule is COc1ccc(CNC(C)C2CC2)c(OC)c1. The van der Waals surface area contributed by atoms with Crippen molar-refractivity contribution in [1.29, 1.82) is 0 Å². The summed E-state index contributed by atoms with van der Waals surface area (Å²) in [5.41, 5.74) is 1.18. The van der Waals surface area contributed by atoms with Gasteiger partial charge in [0.2, 0.25) is 0 Å². The van der Waals surface area contributed by atoms with E-state index in [0.717, 1.165) is 24.0 Å². The molecule has 3 heteroatoms. The highest BCUT2D eigenvalue weighted by atomic mass is 16.5. The van der Waals surface area contributed by atoms with Crippen molar-refractivity contribution in [2.45, 2.75) is 32.4 Å². The Labute approximate surface area is 103 Å². The number of hydrogen-bond acceptors (Lipinski definition) is 3. The van der Waals surface area contributed by atoms with E-state index in [0.29, 0.717) is 6.04 Å². The largest absolute Gasteiger partial charge is 0.497 e. The topological polar surface area (TPSA) is 30.5 Å². The van der Waals surface area contributed by atoms with E-state index in [1.165, 1.54) is 18.4 Å². The molecule has 2 rings (SSSR count). The van der Waals surface area contributed by atoms with E-state index in [4.69, 9.17) is 9.47 Å². The first-order valence-electron chi connectivity index (χ1n) is 6.19. The quantitative estimate of drug-likeness (QED) is 0.822. The van der Waals surface area contributed by atoms with Crippen molar-refractivity contribution in [2.75, 3.05) is 14.2 Å². The molecule has 0 amide bonds. The molecule has 1 atom stereocenters. The summed E-state index contributed by atoms with van der Waals surface area (Å²) < 4.78 is 10.6. The summed E-state index contributed by atoms with van der Waals surface area (Å²) in [5, 5.41) is 3.55. The van der Waals surface area contributed by atoms with Crippen LogP contribution in [-0.2, 0) is 6.54 Å². The number of nitrogens with one attached hydrogen (secondary N) is 1. The Hall–Kier alpha value is -1.22. The van der Waals surface area contributed by atoms with Gasteiger partial charge in [-0.2, -0.15) is 0 Å². The average Bonchev–Trinajstić information content (AvgIpc) is 3.19. The molecule has 0 bridgehead atoms. The highest BCUT2D eigenvalue weighted by Gasteiger charge is 2.27. The van der Waals surface area contributed by atoms with E-state index in [1.54, 1.807) is 14.2 Å². The van der Waals surface area contributed by atoms with Crippen molar-refractivity contribution in [2.24, 2.45) is 5.92 Å². The van der Waals surface area contributed by atoms with Crippen LogP contribution in [0.4, 0.5) is 0 Å². The Morgan fingerprint density at radius 3 is 2.65 bits per heavy atom. The van der Waals surface area contributed by atoms with Gasteiger partial charge in [-0.3, -0.25) is 0 Å². The molecule has 0 spiro atoms. The first-order chi connectivity index (χ1) is 8.24. The summed E-state index contributed by atoms with van der Waals surface area (Å²) in [5.74, 6) is 2.60.